The first-order valence-electron chi connectivity index (χ1n) is 7.54. The van der Waals surface area contributed by atoms with Gasteiger partial charge in [0.05, 0.1) is 0 Å². The Hall–Kier alpha value is -1.61. The van der Waals surface area contributed by atoms with Gasteiger partial charge in [-0.1, -0.05) is 42.8 Å². The summed E-state index contributed by atoms with van der Waals surface area (Å²) in [5.41, 5.74) is 2.65. The van der Waals surface area contributed by atoms with Gasteiger partial charge in [0.15, 0.2) is 0 Å². The van der Waals surface area contributed by atoms with Crippen molar-refractivity contribution in [3.05, 3.63) is 52.4 Å². The van der Waals surface area contributed by atoms with Gasteiger partial charge in [-0.15, -0.1) is 0 Å². The molecule has 1 heterocycles. The molecule has 1 aromatic carbocycles. The minimum atomic E-state index is 0.0652. The van der Waals surface area contributed by atoms with Gasteiger partial charge in [0.2, 0.25) is 5.88 Å². The molecule has 0 saturated heterocycles. The van der Waals surface area contributed by atoms with Crippen molar-refractivity contribution in [3.8, 4) is 5.88 Å². The van der Waals surface area contributed by atoms with Crippen LogP contribution in [0.2, 0.25) is 5.15 Å². The molecule has 0 N–H and O–H groups in total. The van der Waals surface area contributed by atoms with E-state index in [1.165, 1.54) is 11.1 Å². The van der Waals surface area contributed by atoms with Gasteiger partial charge < -0.3 is 4.74 Å². The highest BCUT2D eigenvalue weighted by molar-refractivity contribution is 6.29. The maximum absolute atomic E-state index is 6.11. The first-order chi connectivity index (χ1) is 10.3. The number of rotatable bonds is 4. The molecule has 0 saturated carbocycles. The van der Waals surface area contributed by atoms with Crippen LogP contribution in [0, 0.1) is 0 Å². The lowest BCUT2D eigenvalue weighted by Crippen LogP contribution is -2.16. The van der Waals surface area contributed by atoms with Crippen molar-refractivity contribution in [2.45, 2.75) is 45.1 Å². The molecular weight excluding hydrogens is 284 g/mol. The van der Waals surface area contributed by atoms with E-state index in [9.17, 15) is 0 Å². The highest BCUT2D eigenvalue weighted by Crippen LogP contribution is 2.33. The molecular formula is C17H19ClN2O. The quantitative estimate of drug-likeness (QED) is 0.778. The molecule has 3 rings (SSSR count). The molecule has 21 heavy (non-hydrogen) atoms. The van der Waals surface area contributed by atoms with E-state index < -0.39 is 0 Å². The Balaban J connectivity index is 1.84. The molecule has 0 amide bonds. The molecule has 0 fully saturated rings. The molecule has 1 aromatic heterocycles. The standard InChI is InChI=1S/C17H19ClN2O/c1-2-6-16-19-15(18)11-17(20-16)21-14-10-5-8-12-7-3-4-9-13(12)14/h3-4,7,9,11,14H,2,5-6,8,10H2,1H3. The van der Waals surface area contributed by atoms with E-state index >= 15 is 0 Å². The van der Waals surface area contributed by atoms with E-state index in [1.54, 1.807) is 6.07 Å². The lowest BCUT2D eigenvalue weighted by atomic mass is 9.89. The third kappa shape index (κ3) is 3.35. The van der Waals surface area contributed by atoms with Gasteiger partial charge in [-0.3, -0.25) is 0 Å². The normalized spacial score (nSPS) is 17.3. The number of fused-ring (bicyclic) bond motifs is 1. The van der Waals surface area contributed by atoms with E-state index in [4.69, 9.17) is 16.3 Å². The van der Waals surface area contributed by atoms with E-state index in [-0.39, 0.29) is 6.10 Å². The minimum absolute atomic E-state index is 0.0652. The number of hydrogen-bond acceptors (Lipinski definition) is 3. The smallest absolute Gasteiger partial charge is 0.218 e. The fourth-order valence-electron chi connectivity index (χ4n) is 2.82. The minimum Gasteiger partial charge on any atom is -0.469 e. The van der Waals surface area contributed by atoms with Crippen LogP contribution in [-0.4, -0.2) is 9.97 Å². The van der Waals surface area contributed by atoms with Crippen LogP contribution in [0.5, 0.6) is 5.88 Å². The monoisotopic (exact) mass is 302 g/mol. The SMILES string of the molecule is CCCc1nc(Cl)cc(OC2CCCc3ccccc32)n1. The number of hydrogen-bond donors (Lipinski definition) is 0. The summed E-state index contributed by atoms with van der Waals surface area (Å²) in [5, 5.41) is 0.451. The van der Waals surface area contributed by atoms with Crippen molar-refractivity contribution in [1.82, 2.24) is 9.97 Å². The maximum atomic E-state index is 6.11. The largest absolute Gasteiger partial charge is 0.469 e. The Labute approximate surface area is 130 Å². The highest BCUT2D eigenvalue weighted by Gasteiger charge is 2.22. The van der Waals surface area contributed by atoms with Crippen molar-refractivity contribution in [2.24, 2.45) is 0 Å². The van der Waals surface area contributed by atoms with Gasteiger partial charge in [0.1, 0.15) is 17.1 Å². The van der Waals surface area contributed by atoms with Crippen molar-refractivity contribution in [3.63, 3.8) is 0 Å². The predicted octanol–water partition coefficient (Wildman–Crippen LogP) is 4.54. The average Bonchev–Trinajstić information content (AvgIpc) is 2.47. The number of halogens is 1. The summed E-state index contributed by atoms with van der Waals surface area (Å²) in [7, 11) is 0. The van der Waals surface area contributed by atoms with Crippen LogP contribution in [0.15, 0.2) is 30.3 Å². The predicted molar refractivity (Wildman–Crippen MR) is 83.8 cm³/mol. The molecule has 2 aromatic rings. The van der Waals surface area contributed by atoms with Crippen molar-refractivity contribution in [2.75, 3.05) is 0 Å². The Bertz CT molecular complexity index is 630. The second-order valence-electron chi connectivity index (χ2n) is 5.39. The second-order valence-corrected chi connectivity index (χ2v) is 5.78. The van der Waals surface area contributed by atoms with Crippen LogP contribution < -0.4 is 4.74 Å². The fraction of sp³-hybridized carbons (Fsp3) is 0.412. The zero-order valence-electron chi connectivity index (χ0n) is 12.2. The van der Waals surface area contributed by atoms with Gasteiger partial charge in [0.25, 0.3) is 0 Å². The third-order valence-corrected chi connectivity index (χ3v) is 3.96. The zero-order chi connectivity index (χ0) is 14.7. The Morgan fingerprint density at radius 3 is 3.00 bits per heavy atom. The van der Waals surface area contributed by atoms with Crippen LogP contribution in [0.3, 0.4) is 0 Å². The lowest BCUT2D eigenvalue weighted by Gasteiger charge is -2.25. The topological polar surface area (TPSA) is 35.0 Å². The molecule has 3 nitrogen and oxygen atoms in total. The number of nitrogens with zero attached hydrogens (tertiary/aromatic N) is 2. The van der Waals surface area contributed by atoms with Gasteiger partial charge in [-0.25, -0.2) is 4.98 Å². The van der Waals surface area contributed by atoms with Crippen LogP contribution in [0.25, 0.3) is 0 Å². The lowest BCUT2D eigenvalue weighted by molar-refractivity contribution is 0.175. The van der Waals surface area contributed by atoms with Gasteiger partial charge in [0, 0.05) is 12.5 Å². The fourth-order valence-corrected chi connectivity index (χ4v) is 3.01. The van der Waals surface area contributed by atoms with E-state index in [2.05, 4.69) is 41.2 Å². The van der Waals surface area contributed by atoms with Crippen molar-refractivity contribution >= 4 is 11.6 Å². The van der Waals surface area contributed by atoms with Gasteiger partial charge in [-0.2, -0.15) is 4.98 Å². The molecule has 0 aliphatic heterocycles. The molecule has 0 radical (unpaired) electrons. The zero-order valence-corrected chi connectivity index (χ0v) is 12.9. The van der Waals surface area contributed by atoms with Crippen LogP contribution >= 0.6 is 11.6 Å². The van der Waals surface area contributed by atoms with E-state index in [0.717, 1.165) is 37.9 Å². The molecule has 4 heteroatoms. The third-order valence-electron chi connectivity index (χ3n) is 3.77. The summed E-state index contributed by atoms with van der Waals surface area (Å²) < 4.78 is 6.11. The second kappa shape index (κ2) is 6.44. The Morgan fingerprint density at radius 2 is 2.14 bits per heavy atom. The summed E-state index contributed by atoms with van der Waals surface area (Å²) in [4.78, 5) is 8.71. The highest BCUT2D eigenvalue weighted by atomic mass is 35.5. The Kier molecular flexibility index (Phi) is 4.39. The first kappa shape index (κ1) is 14.3. The van der Waals surface area contributed by atoms with Crippen molar-refractivity contribution < 1.29 is 4.74 Å². The molecule has 1 atom stereocenters. The molecule has 0 spiro atoms. The summed E-state index contributed by atoms with van der Waals surface area (Å²) in [6.07, 6.45) is 5.16. The van der Waals surface area contributed by atoms with Gasteiger partial charge in [-0.05, 0) is 36.8 Å². The van der Waals surface area contributed by atoms with Crippen LogP contribution in [0.1, 0.15) is 49.2 Å². The first-order valence-corrected chi connectivity index (χ1v) is 7.92. The van der Waals surface area contributed by atoms with E-state index in [0.29, 0.717) is 11.0 Å². The van der Waals surface area contributed by atoms with Crippen LogP contribution in [0.4, 0.5) is 0 Å². The number of ether oxygens (including phenoxy) is 1. The van der Waals surface area contributed by atoms with Gasteiger partial charge >= 0.3 is 0 Å². The molecule has 1 unspecified atom stereocenters. The number of benzene rings is 1. The molecule has 110 valence electrons. The summed E-state index contributed by atoms with van der Waals surface area (Å²) >= 11 is 6.07. The Morgan fingerprint density at radius 1 is 1.29 bits per heavy atom. The van der Waals surface area contributed by atoms with E-state index in [1.807, 2.05) is 0 Å². The summed E-state index contributed by atoms with van der Waals surface area (Å²) in [6, 6.07) is 10.2. The molecule has 1 aliphatic rings. The average molecular weight is 303 g/mol. The molecule has 1 aliphatic carbocycles. The number of aromatic nitrogens is 2. The maximum Gasteiger partial charge on any atom is 0.218 e. The molecule has 0 bridgehead atoms. The van der Waals surface area contributed by atoms with Crippen molar-refractivity contribution in [1.29, 1.82) is 0 Å². The number of aryl methyl sites for hydroxylation is 2. The summed E-state index contributed by atoms with van der Waals surface area (Å²) in [5.74, 6) is 1.34. The van der Waals surface area contributed by atoms with Crippen LogP contribution in [-0.2, 0) is 12.8 Å². The summed E-state index contributed by atoms with van der Waals surface area (Å²) in [6.45, 7) is 2.10.